The van der Waals surface area contributed by atoms with Crippen molar-refractivity contribution < 1.29 is 9.53 Å². The Morgan fingerprint density at radius 2 is 1.83 bits per heavy atom. The highest BCUT2D eigenvalue weighted by atomic mass is 35.5. The average molecular weight is 367 g/mol. The van der Waals surface area contributed by atoms with Crippen molar-refractivity contribution in [1.29, 1.82) is 0 Å². The Kier molecular flexibility index (Phi) is 6.49. The van der Waals surface area contributed by atoms with E-state index in [-0.39, 0.29) is 11.9 Å². The first-order valence-electron chi connectivity index (χ1n) is 7.45. The van der Waals surface area contributed by atoms with Crippen LogP contribution in [-0.2, 0) is 0 Å². The molecule has 128 valence electrons. The zero-order chi connectivity index (χ0) is 17.7. The highest BCUT2D eigenvalue weighted by molar-refractivity contribution is 6.35. The molecule has 0 saturated carbocycles. The number of nitrogens with zero attached hydrogens (tertiary/aromatic N) is 1. The van der Waals surface area contributed by atoms with Crippen LogP contribution in [0.1, 0.15) is 22.0 Å². The van der Waals surface area contributed by atoms with Gasteiger partial charge in [0.05, 0.1) is 13.2 Å². The van der Waals surface area contributed by atoms with Crippen molar-refractivity contribution in [3.63, 3.8) is 0 Å². The number of likely N-dealkylation sites (N-methyl/N-ethyl adjacent to an activating group) is 1. The lowest BCUT2D eigenvalue weighted by Crippen LogP contribution is -2.34. The van der Waals surface area contributed by atoms with Gasteiger partial charge in [-0.25, -0.2) is 0 Å². The molecule has 0 bridgehead atoms. The molecule has 4 nitrogen and oxygen atoms in total. The van der Waals surface area contributed by atoms with Crippen LogP contribution in [0.3, 0.4) is 0 Å². The molecule has 1 atom stereocenters. The number of ether oxygens (including phenoxy) is 1. The Hall–Kier alpha value is -1.75. The van der Waals surface area contributed by atoms with E-state index in [9.17, 15) is 4.79 Å². The van der Waals surface area contributed by atoms with Crippen LogP contribution in [0.4, 0.5) is 0 Å². The highest BCUT2D eigenvalue weighted by Gasteiger charge is 2.17. The summed E-state index contributed by atoms with van der Waals surface area (Å²) in [5.41, 5.74) is 1.50. The fourth-order valence-corrected chi connectivity index (χ4v) is 2.95. The molecule has 1 N–H and O–H groups in total. The number of carbonyl (C=O) groups excluding carboxylic acids is 1. The lowest BCUT2D eigenvalue weighted by atomic mass is 10.1. The van der Waals surface area contributed by atoms with Gasteiger partial charge in [-0.15, -0.1) is 0 Å². The summed E-state index contributed by atoms with van der Waals surface area (Å²) >= 11 is 11.9. The predicted octanol–water partition coefficient (Wildman–Crippen LogP) is 4.03. The van der Waals surface area contributed by atoms with E-state index in [0.717, 1.165) is 11.3 Å². The number of benzene rings is 2. The van der Waals surface area contributed by atoms with Crippen molar-refractivity contribution in [2.45, 2.75) is 6.04 Å². The van der Waals surface area contributed by atoms with Crippen LogP contribution in [0.5, 0.6) is 5.75 Å². The number of rotatable bonds is 6. The first-order chi connectivity index (χ1) is 11.4. The molecule has 0 aliphatic rings. The van der Waals surface area contributed by atoms with Gasteiger partial charge in [0.2, 0.25) is 0 Å². The first kappa shape index (κ1) is 18.6. The number of amides is 1. The SMILES string of the molecule is COc1cccc(C(CNC(=O)c2cc(Cl)cc(Cl)c2)N(C)C)c1. The van der Waals surface area contributed by atoms with E-state index in [1.165, 1.54) is 0 Å². The molecule has 0 aliphatic heterocycles. The first-order valence-corrected chi connectivity index (χ1v) is 8.21. The molecule has 1 amide bonds. The Balaban J connectivity index is 2.12. The van der Waals surface area contributed by atoms with Gasteiger partial charge in [-0.2, -0.15) is 0 Å². The number of hydrogen-bond donors (Lipinski definition) is 1. The van der Waals surface area contributed by atoms with E-state index >= 15 is 0 Å². The minimum atomic E-state index is -0.214. The Labute approximate surface area is 152 Å². The molecule has 2 rings (SSSR count). The van der Waals surface area contributed by atoms with Gasteiger partial charge in [-0.1, -0.05) is 35.3 Å². The molecule has 0 aliphatic carbocycles. The Morgan fingerprint density at radius 1 is 1.17 bits per heavy atom. The van der Waals surface area contributed by atoms with Crippen LogP contribution >= 0.6 is 23.2 Å². The molecule has 2 aromatic carbocycles. The topological polar surface area (TPSA) is 41.6 Å². The van der Waals surface area contributed by atoms with Gasteiger partial charge in [0.1, 0.15) is 5.75 Å². The minimum Gasteiger partial charge on any atom is -0.497 e. The van der Waals surface area contributed by atoms with Crippen molar-refractivity contribution in [2.75, 3.05) is 27.7 Å². The molecule has 0 spiro atoms. The second kappa shape index (κ2) is 8.38. The molecule has 0 aromatic heterocycles. The van der Waals surface area contributed by atoms with E-state index < -0.39 is 0 Å². The molecule has 6 heteroatoms. The fraction of sp³-hybridized carbons (Fsp3) is 0.278. The Morgan fingerprint density at radius 3 is 2.42 bits per heavy atom. The van der Waals surface area contributed by atoms with Crippen LogP contribution < -0.4 is 10.1 Å². The van der Waals surface area contributed by atoms with Crippen molar-refractivity contribution in [3.05, 3.63) is 63.6 Å². The van der Waals surface area contributed by atoms with Gasteiger partial charge in [0.15, 0.2) is 0 Å². The number of carbonyl (C=O) groups is 1. The lowest BCUT2D eigenvalue weighted by Gasteiger charge is -2.25. The fourth-order valence-electron chi connectivity index (χ4n) is 2.42. The number of hydrogen-bond acceptors (Lipinski definition) is 3. The van der Waals surface area contributed by atoms with Crippen LogP contribution in [0.25, 0.3) is 0 Å². The van der Waals surface area contributed by atoms with Gasteiger partial charge in [-0.3, -0.25) is 4.79 Å². The van der Waals surface area contributed by atoms with Crippen LogP contribution in [-0.4, -0.2) is 38.6 Å². The van der Waals surface area contributed by atoms with Crippen molar-refractivity contribution >= 4 is 29.1 Å². The molecule has 0 heterocycles. The summed E-state index contributed by atoms with van der Waals surface area (Å²) in [5.74, 6) is 0.571. The van der Waals surface area contributed by atoms with E-state index in [0.29, 0.717) is 22.2 Å². The summed E-state index contributed by atoms with van der Waals surface area (Å²) in [7, 11) is 5.56. The molecule has 1 unspecified atom stereocenters. The third kappa shape index (κ3) is 4.87. The normalized spacial score (nSPS) is 12.1. The smallest absolute Gasteiger partial charge is 0.251 e. The van der Waals surface area contributed by atoms with Crippen LogP contribution in [0.15, 0.2) is 42.5 Å². The van der Waals surface area contributed by atoms with Crippen molar-refractivity contribution in [2.24, 2.45) is 0 Å². The van der Waals surface area contributed by atoms with Crippen molar-refractivity contribution in [3.8, 4) is 5.75 Å². The molecule has 0 saturated heterocycles. The molecule has 0 fully saturated rings. The predicted molar refractivity (Wildman–Crippen MR) is 98.2 cm³/mol. The second-order valence-electron chi connectivity index (χ2n) is 5.62. The van der Waals surface area contributed by atoms with Crippen molar-refractivity contribution in [1.82, 2.24) is 10.2 Å². The average Bonchev–Trinajstić information content (AvgIpc) is 2.53. The maximum atomic E-state index is 12.4. The highest BCUT2D eigenvalue weighted by Crippen LogP contribution is 2.23. The van der Waals surface area contributed by atoms with Gasteiger partial charge in [0, 0.05) is 22.2 Å². The van der Waals surface area contributed by atoms with E-state index in [1.54, 1.807) is 25.3 Å². The molecule has 24 heavy (non-hydrogen) atoms. The third-order valence-electron chi connectivity index (χ3n) is 3.68. The summed E-state index contributed by atoms with van der Waals surface area (Å²) < 4.78 is 5.27. The zero-order valence-electron chi connectivity index (χ0n) is 13.8. The van der Waals surface area contributed by atoms with E-state index in [4.69, 9.17) is 27.9 Å². The lowest BCUT2D eigenvalue weighted by molar-refractivity contribution is 0.0942. The summed E-state index contributed by atoms with van der Waals surface area (Å²) in [4.78, 5) is 14.4. The van der Waals surface area contributed by atoms with Crippen LogP contribution in [0.2, 0.25) is 10.0 Å². The van der Waals surface area contributed by atoms with E-state index in [1.807, 2.05) is 43.3 Å². The number of methoxy groups -OCH3 is 1. The summed E-state index contributed by atoms with van der Waals surface area (Å²) in [5, 5.41) is 3.80. The summed E-state index contributed by atoms with van der Waals surface area (Å²) in [6, 6.07) is 12.6. The molecular weight excluding hydrogens is 347 g/mol. The maximum absolute atomic E-state index is 12.4. The van der Waals surface area contributed by atoms with Gasteiger partial charge in [-0.05, 0) is 50.0 Å². The standard InChI is InChI=1S/C18H20Cl2N2O2/c1-22(2)17(12-5-4-6-16(9-12)24-3)11-21-18(23)13-7-14(19)10-15(20)8-13/h4-10,17H,11H2,1-3H3,(H,21,23). The summed E-state index contributed by atoms with van der Waals surface area (Å²) in [6.07, 6.45) is 0. The molecular formula is C18H20Cl2N2O2. The third-order valence-corrected chi connectivity index (χ3v) is 4.12. The van der Waals surface area contributed by atoms with Gasteiger partial charge >= 0.3 is 0 Å². The second-order valence-corrected chi connectivity index (χ2v) is 6.50. The van der Waals surface area contributed by atoms with Crippen LogP contribution in [0, 0.1) is 0 Å². The molecule has 0 radical (unpaired) electrons. The van der Waals surface area contributed by atoms with E-state index in [2.05, 4.69) is 5.32 Å². The Bertz CT molecular complexity index is 700. The molecule has 2 aromatic rings. The van der Waals surface area contributed by atoms with Gasteiger partial charge in [0.25, 0.3) is 5.91 Å². The zero-order valence-corrected chi connectivity index (χ0v) is 15.4. The largest absolute Gasteiger partial charge is 0.497 e. The monoisotopic (exact) mass is 366 g/mol. The number of halogens is 2. The van der Waals surface area contributed by atoms with Gasteiger partial charge < -0.3 is 15.0 Å². The summed E-state index contributed by atoms with van der Waals surface area (Å²) in [6.45, 7) is 0.448. The number of nitrogens with one attached hydrogen (secondary N) is 1. The minimum absolute atomic E-state index is 0.0127. The maximum Gasteiger partial charge on any atom is 0.251 e. The quantitative estimate of drug-likeness (QED) is 0.838.